The molecule has 8 heteroatoms. The zero-order valence-electron chi connectivity index (χ0n) is 24.7. The minimum Gasteiger partial charge on any atom is -0.462 e. The number of rotatable bonds is 10. The number of esters is 1. The molecule has 0 fully saturated rings. The molecule has 1 aliphatic rings. The van der Waals surface area contributed by atoms with E-state index < -0.39 is 38.2 Å². The third kappa shape index (κ3) is 8.60. The van der Waals surface area contributed by atoms with Crippen molar-refractivity contribution in [1.82, 2.24) is 0 Å². The summed E-state index contributed by atoms with van der Waals surface area (Å²) in [5.41, 5.74) is 0.993. The van der Waals surface area contributed by atoms with Crippen LogP contribution in [0, 0.1) is 22.7 Å². The normalized spacial score (nSPS) is 19.6. The number of benzene rings is 1. The van der Waals surface area contributed by atoms with Gasteiger partial charge in [0.15, 0.2) is 26.5 Å². The summed E-state index contributed by atoms with van der Waals surface area (Å²) in [5, 5.41) is 9.18. The lowest BCUT2D eigenvalue weighted by Crippen LogP contribution is -2.46. The predicted molar refractivity (Wildman–Crippen MR) is 150 cm³/mol. The molecule has 2 rings (SSSR count). The van der Waals surface area contributed by atoms with Gasteiger partial charge in [0.2, 0.25) is 0 Å². The molecule has 7 nitrogen and oxygen atoms in total. The molecule has 1 aromatic rings. The molecular weight excluding hydrogens is 498 g/mol. The summed E-state index contributed by atoms with van der Waals surface area (Å²) < 4.78 is 24.3. The van der Waals surface area contributed by atoms with Gasteiger partial charge < -0.3 is 18.6 Å². The Morgan fingerprint density at radius 3 is 2.21 bits per heavy atom. The molecule has 0 saturated heterocycles. The van der Waals surface area contributed by atoms with E-state index in [1.165, 1.54) is 0 Å². The van der Waals surface area contributed by atoms with Crippen molar-refractivity contribution in [1.29, 1.82) is 5.26 Å². The Morgan fingerprint density at radius 1 is 1.11 bits per heavy atom. The van der Waals surface area contributed by atoms with Gasteiger partial charge in [0, 0.05) is 5.57 Å². The van der Waals surface area contributed by atoms with E-state index in [4.69, 9.17) is 18.6 Å². The fourth-order valence-corrected chi connectivity index (χ4v) is 4.61. The van der Waals surface area contributed by atoms with Crippen LogP contribution in [0.4, 0.5) is 0 Å². The number of hydrogen-bond acceptors (Lipinski definition) is 7. The maximum atomic E-state index is 13.8. The van der Waals surface area contributed by atoms with E-state index in [1.54, 1.807) is 39.0 Å². The minimum atomic E-state index is -2.36. The van der Waals surface area contributed by atoms with Crippen LogP contribution in [0.3, 0.4) is 0 Å². The van der Waals surface area contributed by atoms with Gasteiger partial charge in [0.05, 0.1) is 29.8 Å². The number of carbonyl (C=O) groups excluding carboxylic acids is 2. The van der Waals surface area contributed by atoms with Crippen LogP contribution in [-0.2, 0) is 28.2 Å². The summed E-state index contributed by atoms with van der Waals surface area (Å²) in [5.74, 6) is -0.271. The average Bonchev–Trinajstić information content (AvgIpc) is 2.81. The highest BCUT2D eigenvalue weighted by Gasteiger charge is 2.44. The molecule has 210 valence electrons. The molecule has 0 N–H and O–H groups in total. The van der Waals surface area contributed by atoms with E-state index in [0.29, 0.717) is 23.7 Å². The molecule has 1 aromatic carbocycles. The van der Waals surface area contributed by atoms with E-state index in [2.05, 4.69) is 53.8 Å². The van der Waals surface area contributed by atoms with Crippen molar-refractivity contribution in [2.24, 2.45) is 11.3 Å². The molecular formula is C30H45NO6Si. The molecule has 0 unspecified atom stereocenters. The largest absolute Gasteiger partial charge is 0.462 e. The average molecular weight is 544 g/mol. The Labute approximate surface area is 229 Å². The van der Waals surface area contributed by atoms with E-state index in [0.717, 1.165) is 12.0 Å². The third-order valence-corrected chi connectivity index (χ3v) is 11.4. The van der Waals surface area contributed by atoms with Gasteiger partial charge in [-0.2, -0.15) is 5.26 Å². The lowest BCUT2D eigenvalue weighted by atomic mass is 9.93. The van der Waals surface area contributed by atoms with Crippen LogP contribution in [0.25, 0.3) is 0 Å². The maximum absolute atomic E-state index is 13.8. The second-order valence-electron chi connectivity index (χ2n) is 12.9. The SMILES string of the molecule is CC(C)CCO[C@@H]1C=C([C@H](O[Si](C)(C)C(C)(C)C)c2ccc(C#N)cc2)C(=O)[C@@H](COC(=O)C(C)(C)C)O1. The number of ketones is 1. The van der Waals surface area contributed by atoms with Gasteiger partial charge in [-0.3, -0.25) is 9.59 Å². The van der Waals surface area contributed by atoms with Crippen LogP contribution in [0.5, 0.6) is 0 Å². The van der Waals surface area contributed by atoms with Crippen molar-refractivity contribution in [3.05, 3.63) is 47.0 Å². The summed E-state index contributed by atoms with van der Waals surface area (Å²) in [6.07, 6.45) is 0.0379. The quantitative estimate of drug-likeness (QED) is 0.246. The highest BCUT2D eigenvalue weighted by molar-refractivity contribution is 6.74. The van der Waals surface area contributed by atoms with E-state index in [1.807, 2.05) is 12.1 Å². The van der Waals surface area contributed by atoms with Crippen LogP contribution in [0.1, 0.15) is 79.0 Å². The molecule has 0 radical (unpaired) electrons. The van der Waals surface area contributed by atoms with Crippen LogP contribution in [0.2, 0.25) is 18.1 Å². The molecule has 0 aliphatic carbocycles. The van der Waals surface area contributed by atoms with Gasteiger partial charge in [-0.15, -0.1) is 0 Å². The first kappa shape index (κ1) is 31.9. The summed E-state index contributed by atoms with van der Waals surface area (Å²) in [7, 11) is -2.36. The Morgan fingerprint density at radius 2 is 1.71 bits per heavy atom. The molecule has 1 aliphatic heterocycles. The maximum Gasteiger partial charge on any atom is 0.311 e. The fraction of sp³-hybridized carbons (Fsp3) is 0.633. The number of hydrogen-bond donors (Lipinski definition) is 0. The Balaban J connectivity index is 2.51. The van der Waals surface area contributed by atoms with Gasteiger partial charge in [0.1, 0.15) is 6.61 Å². The monoisotopic (exact) mass is 543 g/mol. The van der Waals surface area contributed by atoms with E-state index >= 15 is 0 Å². The molecule has 3 atom stereocenters. The van der Waals surface area contributed by atoms with Crippen LogP contribution >= 0.6 is 0 Å². The fourth-order valence-electron chi connectivity index (χ4n) is 3.40. The van der Waals surface area contributed by atoms with E-state index in [9.17, 15) is 14.9 Å². The van der Waals surface area contributed by atoms with Crippen molar-refractivity contribution < 1.29 is 28.2 Å². The van der Waals surface area contributed by atoms with Crippen LogP contribution in [-0.4, -0.2) is 45.7 Å². The zero-order chi connectivity index (χ0) is 28.9. The Bertz CT molecular complexity index is 1040. The molecule has 0 bridgehead atoms. The number of nitriles is 1. The van der Waals surface area contributed by atoms with Crippen molar-refractivity contribution >= 4 is 20.1 Å². The van der Waals surface area contributed by atoms with Crippen molar-refractivity contribution in [2.45, 2.75) is 98.4 Å². The van der Waals surface area contributed by atoms with Gasteiger partial charge in [-0.25, -0.2) is 0 Å². The molecule has 0 saturated carbocycles. The molecule has 38 heavy (non-hydrogen) atoms. The Hall–Kier alpha value is -2.31. The molecule has 0 amide bonds. The first-order valence-electron chi connectivity index (χ1n) is 13.3. The highest BCUT2D eigenvalue weighted by atomic mass is 28.4. The standard InChI is InChI=1S/C30H45NO6Si/c1-20(2)15-16-34-25-17-23(26(32)24(36-25)19-35-28(33)29(3,4)5)27(37-38(9,10)30(6,7)8)22-13-11-21(18-31)12-14-22/h11-14,17,20,24-25,27H,15-16,19H2,1-10H3/t24-,25+,27-/m1/s1. The highest BCUT2D eigenvalue weighted by Crippen LogP contribution is 2.43. The lowest BCUT2D eigenvalue weighted by molar-refractivity contribution is -0.182. The summed E-state index contributed by atoms with van der Waals surface area (Å²) in [6, 6.07) is 9.23. The number of ether oxygens (including phenoxy) is 3. The number of Topliss-reactive ketones (excluding diaryl/α,β-unsaturated/α-hetero) is 1. The first-order chi connectivity index (χ1) is 17.5. The van der Waals surface area contributed by atoms with Gasteiger partial charge in [0.25, 0.3) is 0 Å². The van der Waals surface area contributed by atoms with Crippen molar-refractivity contribution in [3.8, 4) is 6.07 Å². The van der Waals surface area contributed by atoms with Crippen LogP contribution < -0.4 is 0 Å². The summed E-state index contributed by atoms with van der Waals surface area (Å²) >= 11 is 0. The predicted octanol–water partition coefficient (Wildman–Crippen LogP) is 6.49. The molecule has 1 heterocycles. The van der Waals surface area contributed by atoms with Gasteiger partial charge in [-0.1, -0.05) is 46.8 Å². The van der Waals surface area contributed by atoms with Crippen molar-refractivity contribution in [3.63, 3.8) is 0 Å². The van der Waals surface area contributed by atoms with Crippen LogP contribution in [0.15, 0.2) is 35.9 Å². The first-order valence-corrected chi connectivity index (χ1v) is 16.2. The Kier molecular flexibility index (Phi) is 10.7. The molecule has 0 aromatic heterocycles. The number of nitrogens with zero attached hydrogens (tertiary/aromatic N) is 1. The summed E-state index contributed by atoms with van der Waals surface area (Å²) in [6.45, 7) is 20.4. The van der Waals surface area contributed by atoms with E-state index in [-0.39, 0.29) is 17.4 Å². The topological polar surface area (TPSA) is 94.9 Å². The zero-order valence-corrected chi connectivity index (χ0v) is 25.7. The second kappa shape index (κ2) is 12.7. The third-order valence-electron chi connectivity index (χ3n) is 6.99. The minimum absolute atomic E-state index is 0.110. The van der Waals surface area contributed by atoms with Gasteiger partial charge >= 0.3 is 5.97 Å². The summed E-state index contributed by atoms with van der Waals surface area (Å²) in [4.78, 5) is 26.3. The molecule has 0 spiro atoms. The van der Waals surface area contributed by atoms with Crippen molar-refractivity contribution in [2.75, 3.05) is 13.2 Å². The second-order valence-corrected chi connectivity index (χ2v) is 17.6. The smallest absolute Gasteiger partial charge is 0.311 e. The van der Waals surface area contributed by atoms with Gasteiger partial charge in [-0.05, 0) is 75.0 Å². The lowest BCUT2D eigenvalue weighted by Gasteiger charge is -2.41. The number of carbonyl (C=O) groups is 2.